The second kappa shape index (κ2) is 6.46. The fourth-order valence-electron chi connectivity index (χ4n) is 1.14. The Hall–Kier alpha value is -2.12. The Balaban J connectivity index is 2.23. The predicted molar refractivity (Wildman–Crippen MR) is 56.3 cm³/mol. The van der Waals surface area contributed by atoms with E-state index in [1.807, 2.05) is 0 Å². The lowest BCUT2D eigenvalue weighted by atomic mass is 10.2. The standard InChI is InChI=1S/C9H14N4O4/c1-2-6(8(14)15)12-9(16)10-4-3-7-11-5-17-13-7/h5-6H,2-4H2,1H3,(H,14,15)(H2,10,12,16)/t6-/m0/s1. The number of urea groups is 1. The number of carbonyl (C=O) groups excluding carboxylic acids is 1. The first-order valence-corrected chi connectivity index (χ1v) is 5.16. The van der Waals surface area contributed by atoms with Crippen molar-refractivity contribution >= 4 is 12.0 Å². The van der Waals surface area contributed by atoms with Gasteiger partial charge in [0.05, 0.1) is 0 Å². The van der Waals surface area contributed by atoms with Crippen molar-refractivity contribution in [1.82, 2.24) is 20.8 Å². The molecule has 1 heterocycles. The molecule has 0 bridgehead atoms. The third kappa shape index (κ3) is 4.49. The van der Waals surface area contributed by atoms with Crippen LogP contribution in [0.5, 0.6) is 0 Å². The van der Waals surface area contributed by atoms with E-state index in [1.165, 1.54) is 6.39 Å². The Morgan fingerprint density at radius 1 is 1.59 bits per heavy atom. The Morgan fingerprint density at radius 3 is 2.88 bits per heavy atom. The molecule has 8 heteroatoms. The van der Waals surface area contributed by atoms with Gasteiger partial charge in [0.2, 0.25) is 6.39 Å². The van der Waals surface area contributed by atoms with Crippen molar-refractivity contribution in [1.29, 1.82) is 0 Å². The van der Waals surface area contributed by atoms with Gasteiger partial charge in [-0.25, -0.2) is 9.59 Å². The van der Waals surface area contributed by atoms with Gasteiger partial charge in [-0.2, -0.15) is 4.98 Å². The smallest absolute Gasteiger partial charge is 0.326 e. The van der Waals surface area contributed by atoms with Crippen molar-refractivity contribution in [3.63, 3.8) is 0 Å². The molecule has 0 unspecified atom stereocenters. The number of hydrogen-bond acceptors (Lipinski definition) is 5. The lowest BCUT2D eigenvalue weighted by Gasteiger charge is -2.12. The van der Waals surface area contributed by atoms with E-state index in [4.69, 9.17) is 5.11 Å². The van der Waals surface area contributed by atoms with Crippen LogP contribution in [0.3, 0.4) is 0 Å². The number of carbonyl (C=O) groups is 2. The van der Waals surface area contributed by atoms with Crippen molar-refractivity contribution in [2.75, 3.05) is 6.54 Å². The molecule has 94 valence electrons. The van der Waals surface area contributed by atoms with Crippen LogP contribution in [0.25, 0.3) is 0 Å². The van der Waals surface area contributed by atoms with E-state index in [0.29, 0.717) is 25.2 Å². The molecule has 1 aromatic heterocycles. The van der Waals surface area contributed by atoms with E-state index < -0.39 is 18.0 Å². The third-order valence-corrected chi connectivity index (χ3v) is 2.05. The summed E-state index contributed by atoms with van der Waals surface area (Å²) in [4.78, 5) is 25.7. The van der Waals surface area contributed by atoms with Crippen LogP contribution < -0.4 is 10.6 Å². The van der Waals surface area contributed by atoms with Gasteiger partial charge in [-0.1, -0.05) is 12.1 Å². The highest BCUT2D eigenvalue weighted by molar-refractivity contribution is 5.82. The Labute approximate surface area is 97.4 Å². The van der Waals surface area contributed by atoms with Crippen LogP contribution in [0.1, 0.15) is 19.2 Å². The number of nitrogens with one attached hydrogen (secondary N) is 2. The summed E-state index contributed by atoms with van der Waals surface area (Å²) in [6.07, 6.45) is 1.95. The average Bonchev–Trinajstić information content (AvgIpc) is 2.78. The average molecular weight is 242 g/mol. The van der Waals surface area contributed by atoms with Gasteiger partial charge < -0.3 is 20.3 Å². The van der Waals surface area contributed by atoms with E-state index in [-0.39, 0.29) is 0 Å². The molecule has 0 aromatic carbocycles. The molecule has 0 aliphatic carbocycles. The molecular weight excluding hydrogens is 228 g/mol. The fraction of sp³-hybridized carbons (Fsp3) is 0.556. The number of carboxylic acids is 1. The van der Waals surface area contributed by atoms with Crippen molar-refractivity contribution in [2.45, 2.75) is 25.8 Å². The number of nitrogens with zero attached hydrogens (tertiary/aromatic N) is 2. The maximum atomic E-state index is 11.3. The summed E-state index contributed by atoms with van der Waals surface area (Å²) < 4.78 is 4.52. The molecule has 17 heavy (non-hydrogen) atoms. The molecule has 0 spiro atoms. The first kappa shape index (κ1) is 12.9. The highest BCUT2D eigenvalue weighted by Crippen LogP contribution is 1.91. The van der Waals surface area contributed by atoms with Crippen molar-refractivity contribution in [3.05, 3.63) is 12.2 Å². The zero-order valence-electron chi connectivity index (χ0n) is 9.34. The van der Waals surface area contributed by atoms with Gasteiger partial charge in [0.1, 0.15) is 6.04 Å². The second-order valence-electron chi connectivity index (χ2n) is 3.30. The highest BCUT2D eigenvalue weighted by atomic mass is 16.5. The third-order valence-electron chi connectivity index (χ3n) is 2.05. The molecule has 2 amide bonds. The minimum atomic E-state index is -1.05. The molecule has 0 saturated heterocycles. The Morgan fingerprint density at radius 2 is 2.35 bits per heavy atom. The molecular formula is C9H14N4O4. The minimum absolute atomic E-state index is 0.307. The van der Waals surface area contributed by atoms with Gasteiger partial charge in [-0.3, -0.25) is 0 Å². The summed E-state index contributed by atoms with van der Waals surface area (Å²) in [7, 11) is 0. The van der Waals surface area contributed by atoms with Gasteiger partial charge in [0.15, 0.2) is 5.82 Å². The van der Waals surface area contributed by atoms with Gasteiger partial charge in [0, 0.05) is 13.0 Å². The van der Waals surface area contributed by atoms with Gasteiger partial charge in [0.25, 0.3) is 0 Å². The highest BCUT2D eigenvalue weighted by Gasteiger charge is 2.16. The predicted octanol–water partition coefficient (Wildman–Crippen LogP) is -0.225. The van der Waals surface area contributed by atoms with Crippen molar-refractivity contribution < 1.29 is 19.2 Å². The Kier molecular flexibility index (Phi) is 4.92. The molecule has 0 fully saturated rings. The Bertz CT molecular complexity index is 365. The van der Waals surface area contributed by atoms with Crippen LogP contribution in [0.2, 0.25) is 0 Å². The van der Waals surface area contributed by atoms with Crippen molar-refractivity contribution in [3.8, 4) is 0 Å². The molecule has 8 nitrogen and oxygen atoms in total. The second-order valence-corrected chi connectivity index (χ2v) is 3.30. The molecule has 0 radical (unpaired) electrons. The maximum Gasteiger partial charge on any atom is 0.326 e. The lowest BCUT2D eigenvalue weighted by molar-refractivity contribution is -0.139. The molecule has 1 aromatic rings. The van der Waals surface area contributed by atoms with Gasteiger partial charge >= 0.3 is 12.0 Å². The first-order valence-electron chi connectivity index (χ1n) is 5.16. The van der Waals surface area contributed by atoms with Crippen LogP contribution in [-0.4, -0.2) is 39.8 Å². The van der Waals surface area contributed by atoms with E-state index in [1.54, 1.807) is 6.92 Å². The van der Waals surface area contributed by atoms with Crippen LogP contribution in [0.4, 0.5) is 4.79 Å². The normalized spacial score (nSPS) is 11.8. The fourth-order valence-corrected chi connectivity index (χ4v) is 1.14. The van der Waals surface area contributed by atoms with E-state index in [9.17, 15) is 9.59 Å². The van der Waals surface area contributed by atoms with Crippen LogP contribution in [0.15, 0.2) is 10.9 Å². The summed E-state index contributed by atoms with van der Waals surface area (Å²) in [5.74, 6) is -0.573. The lowest BCUT2D eigenvalue weighted by Crippen LogP contribution is -2.46. The molecule has 1 atom stereocenters. The summed E-state index contributed by atoms with van der Waals surface area (Å²) >= 11 is 0. The van der Waals surface area contributed by atoms with E-state index in [2.05, 4.69) is 25.3 Å². The number of aliphatic carboxylic acids is 1. The van der Waals surface area contributed by atoms with Crippen molar-refractivity contribution in [2.24, 2.45) is 0 Å². The number of rotatable bonds is 6. The number of amides is 2. The number of carboxylic acid groups (broad SMARTS) is 1. The SMILES string of the molecule is CC[C@H](NC(=O)NCCc1ncon1)C(=O)O. The molecule has 0 aliphatic heterocycles. The topological polar surface area (TPSA) is 117 Å². The van der Waals surface area contributed by atoms with E-state index >= 15 is 0 Å². The summed E-state index contributed by atoms with van der Waals surface area (Å²) in [6.45, 7) is 1.99. The quantitative estimate of drug-likeness (QED) is 0.634. The van der Waals surface area contributed by atoms with Crippen LogP contribution >= 0.6 is 0 Å². The first-order chi connectivity index (χ1) is 8.13. The zero-order chi connectivity index (χ0) is 12.7. The zero-order valence-corrected chi connectivity index (χ0v) is 9.34. The monoisotopic (exact) mass is 242 g/mol. The van der Waals surface area contributed by atoms with Crippen LogP contribution in [0, 0.1) is 0 Å². The summed E-state index contributed by atoms with van der Waals surface area (Å²) in [6, 6.07) is -1.40. The molecule has 0 saturated carbocycles. The molecule has 3 N–H and O–H groups in total. The number of aromatic nitrogens is 2. The number of hydrogen-bond donors (Lipinski definition) is 3. The largest absolute Gasteiger partial charge is 0.480 e. The van der Waals surface area contributed by atoms with E-state index in [0.717, 1.165) is 0 Å². The molecule has 0 aliphatic rings. The maximum absolute atomic E-state index is 11.3. The van der Waals surface area contributed by atoms with Gasteiger partial charge in [-0.15, -0.1) is 0 Å². The minimum Gasteiger partial charge on any atom is -0.480 e. The molecule has 1 rings (SSSR count). The van der Waals surface area contributed by atoms with Gasteiger partial charge in [-0.05, 0) is 6.42 Å². The van der Waals surface area contributed by atoms with Crippen LogP contribution in [-0.2, 0) is 11.2 Å². The summed E-state index contributed by atoms with van der Waals surface area (Å²) in [5.41, 5.74) is 0. The summed E-state index contributed by atoms with van der Waals surface area (Å²) in [5, 5.41) is 17.1.